The molecule has 0 unspecified atom stereocenters. The van der Waals surface area contributed by atoms with E-state index in [1.165, 1.54) is 0 Å². The smallest absolute Gasteiger partial charge is 0.416 e. The highest BCUT2D eigenvalue weighted by molar-refractivity contribution is 6.29. The van der Waals surface area contributed by atoms with Crippen molar-refractivity contribution >= 4 is 23.5 Å². The molecule has 0 aliphatic carbocycles. The molecule has 1 aliphatic rings. The highest BCUT2D eigenvalue weighted by atomic mass is 35.5. The maximum Gasteiger partial charge on any atom is 0.416 e. The van der Waals surface area contributed by atoms with Crippen molar-refractivity contribution in [1.82, 2.24) is 19.8 Å². The van der Waals surface area contributed by atoms with E-state index in [0.29, 0.717) is 24.6 Å². The summed E-state index contributed by atoms with van der Waals surface area (Å²) in [5.74, 6) is -2.17. The molecule has 8 nitrogen and oxygen atoms in total. The molecule has 1 fully saturated rings. The van der Waals surface area contributed by atoms with Gasteiger partial charge in [0.05, 0.1) is 23.7 Å². The molecule has 3 aromatic rings. The number of hydrogen-bond donors (Lipinski definition) is 2. The zero-order valence-electron chi connectivity index (χ0n) is 26.7. The molecule has 0 spiro atoms. The number of likely N-dealkylation sites (tertiary alicyclic amines) is 1. The SMILES string of the molecule is Cc1cccc(C)c1-c1cc(Cl)nc([C@H](CC(=O)O)NC(=O)[C@H](CC(C)C)n2cc(CCN3CC[C@@H](F)C3)c(C(F)(F)F)cc2=O)c1. The van der Waals surface area contributed by atoms with Gasteiger partial charge in [-0.25, -0.2) is 9.37 Å². The molecule has 2 aromatic heterocycles. The molecule has 0 bridgehead atoms. The van der Waals surface area contributed by atoms with Crippen molar-refractivity contribution in [3.63, 3.8) is 0 Å². The van der Waals surface area contributed by atoms with Crippen molar-refractivity contribution in [2.75, 3.05) is 19.6 Å². The number of rotatable bonds is 12. The third-order valence-electron chi connectivity index (χ3n) is 8.35. The van der Waals surface area contributed by atoms with Gasteiger partial charge in [-0.2, -0.15) is 13.2 Å². The van der Waals surface area contributed by atoms with Crippen molar-refractivity contribution in [2.24, 2.45) is 5.92 Å². The number of aromatic nitrogens is 2. The lowest BCUT2D eigenvalue weighted by Crippen LogP contribution is -2.41. The Balaban J connectivity index is 1.73. The number of hydrogen-bond acceptors (Lipinski definition) is 5. The van der Waals surface area contributed by atoms with Crippen molar-refractivity contribution in [3.05, 3.63) is 86.0 Å². The van der Waals surface area contributed by atoms with Gasteiger partial charge in [0.15, 0.2) is 0 Å². The largest absolute Gasteiger partial charge is 0.481 e. The number of halogens is 5. The molecule has 254 valence electrons. The van der Waals surface area contributed by atoms with E-state index >= 15 is 0 Å². The van der Waals surface area contributed by atoms with Gasteiger partial charge in [-0.05, 0) is 79.0 Å². The first-order chi connectivity index (χ1) is 22.0. The Labute approximate surface area is 275 Å². The second kappa shape index (κ2) is 15.0. The predicted octanol–water partition coefficient (Wildman–Crippen LogP) is 6.71. The van der Waals surface area contributed by atoms with Crippen molar-refractivity contribution in [3.8, 4) is 11.1 Å². The second-order valence-electron chi connectivity index (χ2n) is 12.6. The Morgan fingerprint density at radius 1 is 1.15 bits per heavy atom. The minimum Gasteiger partial charge on any atom is -0.481 e. The molecule has 2 N–H and O–H groups in total. The average molecular weight is 679 g/mol. The van der Waals surface area contributed by atoms with E-state index in [2.05, 4.69) is 10.3 Å². The summed E-state index contributed by atoms with van der Waals surface area (Å²) in [6.45, 7) is 8.10. The van der Waals surface area contributed by atoms with Crippen LogP contribution in [0.15, 0.2) is 47.4 Å². The minimum absolute atomic E-state index is 0.0720. The van der Waals surface area contributed by atoms with Gasteiger partial charge < -0.3 is 19.9 Å². The standard InChI is InChI=1S/C34H39ClF4N4O4/c1-19(2)12-28(43-17-22(8-10-42-11-9-24(36)18-42)25(15-30(43)44)34(37,38)39)33(47)41-27(16-31(45)46)26-13-23(14-29(35)40-26)32-20(3)6-5-7-21(32)4/h5-7,13-15,17,19,24,27-28H,8-12,16,18H2,1-4H3,(H,41,47)(H,45,46)/t24-,27+,28+/m1/s1. The fraction of sp³-hybridized carbons (Fsp3) is 0.471. The lowest BCUT2D eigenvalue weighted by molar-refractivity contribution is -0.139. The molecular formula is C34H39ClF4N4O4. The summed E-state index contributed by atoms with van der Waals surface area (Å²) in [5.41, 5.74) is 1.27. The number of pyridine rings is 2. The molecule has 4 rings (SSSR count). The van der Waals surface area contributed by atoms with Crippen LogP contribution in [0, 0.1) is 19.8 Å². The third kappa shape index (κ3) is 9.19. The molecule has 1 aliphatic heterocycles. The second-order valence-corrected chi connectivity index (χ2v) is 13.0. The zero-order chi connectivity index (χ0) is 34.6. The fourth-order valence-electron chi connectivity index (χ4n) is 6.14. The number of aliphatic carboxylic acids is 1. The summed E-state index contributed by atoms with van der Waals surface area (Å²) in [4.78, 5) is 45.2. The van der Waals surface area contributed by atoms with Gasteiger partial charge in [0, 0.05) is 31.9 Å². The molecule has 1 aromatic carbocycles. The number of alkyl halides is 4. The van der Waals surface area contributed by atoms with Crippen LogP contribution in [0.4, 0.5) is 17.6 Å². The summed E-state index contributed by atoms with van der Waals surface area (Å²) in [7, 11) is 0. The number of carboxylic acids is 1. The molecule has 3 heterocycles. The highest BCUT2D eigenvalue weighted by Gasteiger charge is 2.36. The summed E-state index contributed by atoms with van der Waals surface area (Å²) in [5, 5.41) is 12.5. The predicted molar refractivity (Wildman–Crippen MR) is 171 cm³/mol. The molecule has 3 atom stereocenters. The molecule has 0 saturated carbocycles. The Bertz CT molecular complexity index is 1660. The summed E-state index contributed by atoms with van der Waals surface area (Å²) < 4.78 is 56.8. The Morgan fingerprint density at radius 3 is 2.40 bits per heavy atom. The molecule has 1 saturated heterocycles. The number of benzene rings is 1. The fourth-order valence-corrected chi connectivity index (χ4v) is 6.36. The van der Waals surface area contributed by atoms with Gasteiger partial charge in [0.2, 0.25) is 5.91 Å². The lowest BCUT2D eigenvalue weighted by Gasteiger charge is -2.26. The molecule has 13 heteroatoms. The van der Waals surface area contributed by atoms with E-state index in [-0.39, 0.29) is 48.3 Å². The summed E-state index contributed by atoms with van der Waals surface area (Å²) >= 11 is 6.39. The molecule has 0 radical (unpaired) electrons. The van der Waals surface area contributed by atoms with Gasteiger partial charge >= 0.3 is 12.1 Å². The highest BCUT2D eigenvalue weighted by Crippen LogP contribution is 2.34. The van der Waals surface area contributed by atoms with Crippen LogP contribution in [0.25, 0.3) is 11.1 Å². The number of carbonyl (C=O) groups excluding carboxylic acids is 1. The Hall–Kier alpha value is -3.77. The summed E-state index contributed by atoms with van der Waals surface area (Å²) in [6.07, 6.45) is -5.13. The minimum atomic E-state index is -4.82. The lowest BCUT2D eigenvalue weighted by atomic mass is 9.95. The van der Waals surface area contributed by atoms with Crippen LogP contribution in [0.1, 0.15) is 73.1 Å². The first kappa shape index (κ1) is 36.1. The van der Waals surface area contributed by atoms with E-state index < -0.39 is 53.9 Å². The van der Waals surface area contributed by atoms with Crippen LogP contribution in [0.3, 0.4) is 0 Å². The third-order valence-corrected chi connectivity index (χ3v) is 8.54. The maximum absolute atomic E-state index is 14.0. The van der Waals surface area contributed by atoms with Gasteiger partial charge in [0.1, 0.15) is 17.4 Å². The average Bonchev–Trinajstić information content (AvgIpc) is 3.38. The molecule has 47 heavy (non-hydrogen) atoms. The van der Waals surface area contributed by atoms with Crippen LogP contribution in [-0.2, 0) is 22.2 Å². The van der Waals surface area contributed by atoms with Crippen molar-refractivity contribution < 1.29 is 32.3 Å². The van der Waals surface area contributed by atoms with Crippen LogP contribution in [-0.4, -0.2) is 57.2 Å². The van der Waals surface area contributed by atoms with Crippen LogP contribution < -0.4 is 10.9 Å². The van der Waals surface area contributed by atoms with Gasteiger partial charge in [-0.1, -0.05) is 43.6 Å². The van der Waals surface area contributed by atoms with E-state index in [0.717, 1.165) is 27.5 Å². The number of nitrogens with zero attached hydrogens (tertiary/aromatic N) is 3. The number of amides is 1. The topological polar surface area (TPSA) is 105 Å². The summed E-state index contributed by atoms with van der Waals surface area (Å²) in [6, 6.07) is 7.08. The van der Waals surface area contributed by atoms with Crippen LogP contribution >= 0.6 is 11.6 Å². The quantitative estimate of drug-likeness (QED) is 0.163. The number of carboxylic acid groups (broad SMARTS) is 1. The molecule has 1 amide bonds. The van der Waals surface area contributed by atoms with Crippen LogP contribution in [0.5, 0.6) is 0 Å². The van der Waals surface area contributed by atoms with Crippen LogP contribution in [0.2, 0.25) is 5.15 Å². The Kier molecular flexibility index (Phi) is 11.5. The van der Waals surface area contributed by atoms with E-state index in [1.807, 2.05) is 32.0 Å². The van der Waals surface area contributed by atoms with Gasteiger partial charge in [-0.15, -0.1) is 0 Å². The van der Waals surface area contributed by atoms with Crippen molar-refractivity contribution in [2.45, 2.75) is 77.8 Å². The Morgan fingerprint density at radius 2 is 1.83 bits per heavy atom. The van der Waals surface area contributed by atoms with Gasteiger partial charge in [0.25, 0.3) is 5.56 Å². The normalized spacial score (nSPS) is 16.8. The monoisotopic (exact) mass is 678 g/mol. The number of nitrogens with one attached hydrogen (secondary N) is 1. The van der Waals surface area contributed by atoms with Gasteiger partial charge in [-0.3, -0.25) is 14.4 Å². The van der Waals surface area contributed by atoms with Crippen molar-refractivity contribution in [1.29, 1.82) is 0 Å². The first-order valence-corrected chi connectivity index (χ1v) is 15.9. The first-order valence-electron chi connectivity index (χ1n) is 15.5. The number of carbonyl (C=O) groups is 2. The zero-order valence-corrected chi connectivity index (χ0v) is 27.5. The maximum atomic E-state index is 14.0. The molecular weight excluding hydrogens is 640 g/mol. The number of aryl methyl sites for hydroxylation is 2. The van der Waals surface area contributed by atoms with E-state index in [4.69, 9.17) is 11.6 Å². The van der Waals surface area contributed by atoms with E-state index in [9.17, 15) is 37.1 Å². The van der Waals surface area contributed by atoms with E-state index in [1.54, 1.807) is 30.9 Å².